The average Bonchev–Trinajstić information content (AvgIpc) is 3.30. The van der Waals surface area contributed by atoms with Crippen LogP contribution >= 0.6 is 22.6 Å². The molecule has 0 aromatic heterocycles. The predicted octanol–water partition coefficient (Wildman–Crippen LogP) is 4.26. The minimum atomic E-state index is -0.296. The molecule has 0 amide bonds. The van der Waals surface area contributed by atoms with Gasteiger partial charge in [-0.3, -0.25) is 0 Å². The monoisotopic (exact) mass is 397 g/mol. The van der Waals surface area contributed by atoms with Gasteiger partial charge in [0.25, 0.3) is 0 Å². The fourth-order valence-corrected chi connectivity index (χ4v) is 2.42. The van der Waals surface area contributed by atoms with Crippen LogP contribution in [0.3, 0.4) is 0 Å². The van der Waals surface area contributed by atoms with Gasteiger partial charge in [-0.05, 0) is 70.8 Å². The molecule has 0 bridgehead atoms. The van der Waals surface area contributed by atoms with Gasteiger partial charge < -0.3 is 10.1 Å². The summed E-state index contributed by atoms with van der Waals surface area (Å²) in [5.74, 6) is 0.0133. The lowest BCUT2D eigenvalue weighted by Gasteiger charge is -2.09. The summed E-state index contributed by atoms with van der Waals surface area (Å²) in [6, 6.07) is 13.8. The van der Waals surface area contributed by atoms with E-state index in [1.54, 1.807) is 12.1 Å². The molecular weight excluding hydrogens is 380 g/mol. The molecule has 0 aliphatic heterocycles. The van der Waals surface area contributed by atoms with E-state index in [-0.39, 0.29) is 5.82 Å². The second-order valence-electron chi connectivity index (χ2n) is 5.34. The first-order valence-electron chi connectivity index (χ1n) is 7.10. The molecule has 0 unspecified atom stereocenters. The number of benzene rings is 2. The van der Waals surface area contributed by atoms with Gasteiger partial charge in [0.05, 0.1) is 0 Å². The van der Waals surface area contributed by atoms with E-state index < -0.39 is 0 Å². The number of nitrogens with one attached hydrogen (secondary N) is 1. The lowest BCUT2D eigenvalue weighted by molar-refractivity contribution is 0.290. The highest BCUT2D eigenvalue weighted by Gasteiger charge is 2.20. The molecule has 21 heavy (non-hydrogen) atoms. The van der Waals surface area contributed by atoms with E-state index in [1.807, 2.05) is 30.3 Å². The largest absolute Gasteiger partial charge is 0.486 e. The van der Waals surface area contributed by atoms with Crippen molar-refractivity contribution in [2.45, 2.75) is 32.0 Å². The van der Waals surface area contributed by atoms with Crippen LogP contribution in [-0.2, 0) is 13.2 Å². The van der Waals surface area contributed by atoms with Crippen molar-refractivity contribution < 1.29 is 9.13 Å². The van der Waals surface area contributed by atoms with Crippen LogP contribution < -0.4 is 10.1 Å². The van der Waals surface area contributed by atoms with Gasteiger partial charge in [-0.2, -0.15) is 0 Å². The van der Waals surface area contributed by atoms with Crippen LogP contribution in [0, 0.1) is 9.39 Å². The summed E-state index contributed by atoms with van der Waals surface area (Å²) in [5.41, 5.74) is 2.00. The van der Waals surface area contributed by atoms with Crippen LogP contribution in [0.25, 0.3) is 0 Å². The zero-order chi connectivity index (χ0) is 14.7. The molecular formula is C17H17FINO. The van der Waals surface area contributed by atoms with E-state index >= 15 is 0 Å². The standard InChI is InChI=1S/C17H17FINO/c18-16-9-13(10-20-15-6-7-15)3-8-17(16)21-11-12-1-4-14(19)5-2-12/h1-5,8-9,15,20H,6-7,10-11H2. The molecule has 1 saturated carbocycles. The third-order valence-corrected chi connectivity index (χ3v) is 4.20. The fourth-order valence-electron chi connectivity index (χ4n) is 2.06. The van der Waals surface area contributed by atoms with Crippen LogP contribution in [0.4, 0.5) is 4.39 Å². The highest BCUT2D eigenvalue weighted by atomic mass is 127. The first-order chi connectivity index (χ1) is 10.2. The smallest absolute Gasteiger partial charge is 0.165 e. The Labute approximate surface area is 137 Å². The van der Waals surface area contributed by atoms with E-state index in [0.29, 0.717) is 18.4 Å². The van der Waals surface area contributed by atoms with E-state index in [2.05, 4.69) is 27.9 Å². The summed E-state index contributed by atoms with van der Waals surface area (Å²) < 4.78 is 20.7. The van der Waals surface area contributed by atoms with Gasteiger partial charge in [0.15, 0.2) is 11.6 Å². The van der Waals surface area contributed by atoms with Gasteiger partial charge in [-0.1, -0.05) is 18.2 Å². The number of rotatable bonds is 6. The van der Waals surface area contributed by atoms with Crippen LogP contribution in [-0.4, -0.2) is 6.04 Å². The van der Waals surface area contributed by atoms with E-state index in [0.717, 1.165) is 17.7 Å². The third-order valence-electron chi connectivity index (χ3n) is 3.48. The van der Waals surface area contributed by atoms with Crippen molar-refractivity contribution in [2.75, 3.05) is 0 Å². The predicted molar refractivity (Wildman–Crippen MR) is 89.8 cm³/mol. The van der Waals surface area contributed by atoms with Crippen LogP contribution in [0.5, 0.6) is 5.75 Å². The molecule has 0 radical (unpaired) electrons. The maximum atomic E-state index is 14.0. The average molecular weight is 397 g/mol. The Kier molecular flexibility index (Phi) is 4.75. The fraction of sp³-hybridized carbons (Fsp3) is 0.294. The second kappa shape index (κ2) is 6.75. The van der Waals surface area contributed by atoms with Crippen LogP contribution in [0.15, 0.2) is 42.5 Å². The van der Waals surface area contributed by atoms with Crippen molar-refractivity contribution >= 4 is 22.6 Å². The molecule has 110 valence electrons. The normalized spacial score (nSPS) is 14.2. The number of ether oxygens (including phenoxy) is 1. The van der Waals surface area contributed by atoms with E-state index in [4.69, 9.17) is 4.74 Å². The number of hydrogen-bond donors (Lipinski definition) is 1. The minimum absolute atomic E-state index is 0.296. The molecule has 0 spiro atoms. The molecule has 0 heterocycles. The lowest BCUT2D eigenvalue weighted by atomic mass is 10.2. The minimum Gasteiger partial charge on any atom is -0.486 e. The van der Waals surface area contributed by atoms with Gasteiger partial charge in [-0.25, -0.2) is 4.39 Å². The molecule has 1 aliphatic rings. The van der Waals surface area contributed by atoms with Crippen molar-refractivity contribution in [2.24, 2.45) is 0 Å². The van der Waals surface area contributed by atoms with Crippen molar-refractivity contribution in [3.05, 3.63) is 63.0 Å². The summed E-state index contributed by atoms with van der Waals surface area (Å²) in [6.45, 7) is 1.10. The molecule has 0 saturated heterocycles. The SMILES string of the molecule is Fc1cc(CNC2CC2)ccc1OCc1ccc(I)cc1. The Hall–Kier alpha value is -1.14. The third kappa shape index (κ3) is 4.41. The Morgan fingerprint density at radius 1 is 1.10 bits per heavy atom. The summed E-state index contributed by atoms with van der Waals surface area (Å²) in [4.78, 5) is 0. The summed E-state index contributed by atoms with van der Waals surface area (Å²) in [6.07, 6.45) is 2.47. The van der Waals surface area contributed by atoms with Crippen molar-refractivity contribution in [3.8, 4) is 5.75 Å². The van der Waals surface area contributed by atoms with Crippen molar-refractivity contribution in [3.63, 3.8) is 0 Å². The van der Waals surface area contributed by atoms with Crippen LogP contribution in [0.1, 0.15) is 24.0 Å². The summed E-state index contributed by atoms with van der Waals surface area (Å²) in [5, 5.41) is 3.37. The topological polar surface area (TPSA) is 21.3 Å². The highest BCUT2D eigenvalue weighted by molar-refractivity contribution is 14.1. The Balaban J connectivity index is 1.58. The van der Waals surface area contributed by atoms with Gasteiger partial charge in [0.1, 0.15) is 6.61 Å². The zero-order valence-corrected chi connectivity index (χ0v) is 13.8. The maximum Gasteiger partial charge on any atom is 0.165 e. The highest BCUT2D eigenvalue weighted by Crippen LogP contribution is 2.22. The van der Waals surface area contributed by atoms with E-state index in [9.17, 15) is 4.39 Å². The van der Waals surface area contributed by atoms with Gasteiger partial charge >= 0.3 is 0 Å². The van der Waals surface area contributed by atoms with Crippen molar-refractivity contribution in [1.82, 2.24) is 5.32 Å². The maximum absolute atomic E-state index is 14.0. The molecule has 2 nitrogen and oxygen atoms in total. The van der Waals surface area contributed by atoms with E-state index in [1.165, 1.54) is 16.4 Å². The quantitative estimate of drug-likeness (QED) is 0.736. The molecule has 3 rings (SSSR count). The molecule has 1 aliphatic carbocycles. The van der Waals surface area contributed by atoms with Crippen molar-refractivity contribution in [1.29, 1.82) is 0 Å². The van der Waals surface area contributed by atoms with Gasteiger partial charge in [-0.15, -0.1) is 0 Å². The zero-order valence-electron chi connectivity index (χ0n) is 11.6. The number of hydrogen-bond acceptors (Lipinski definition) is 2. The van der Waals surface area contributed by atoms with Gasteiger partial charge in [0, 0.05) is 16.2 Å². The van der Waals surface area contributed by atoms with Crippen LogP contribution in [0.2, 0.25) is 0 Å². The summed E-state index contributed by atoms with van der Waals surface area (Å²) >= 11 is 2.26. The Bertz CT molecular complexity index is 611. The second-order valence-corrected chi connectivity index (χ2v) is 6.58. The molecule has 2 aromatic rings. The molecule has 2 aromatic carbocycles. The molecule has 4 heteroatoms. The first-order valence-corrected chi connectivity index (χ1v) is 8.17. The molecule has 0 atom stereocenters. The first kappa shape index (κ1) is 14.8. The molecule has 1 N–H and O–H groups in total. The Morgan fingerprint density at radius 2 is 1.81 bits per heavy atom. The van der Waals surface area contributed by atoms with Gasteiger partial charge in [0.2, 0.25) is 0 Å². The number of halogens is 2. The molecule has 1 fully saturated rings. The lowest BCUT2D eigenvalue weighted by Crippen LogP contribution is -2.15. The summed E-state index contributed by atoms with van der Waals surface area (Å²) in [7, 11) is 0. The Morgan fingerprint density at radius 3 is 2.48 bits per heavy atom.